The first-order valence-corrected chi connectivity index (χ1v) is 11.1. The Bertz CT molecular complexity index is 1070. The van der Waals surface area contributed by atoms with E-state index in [9.17, 15) is 9.18 Å². The maximum Gasteiger partial charge on any atom is 0.237 e. The van der Waals surface area contributed by atoms with Crippen LogP contribution in [0.2, 0.25) is 10.0 Å². The molecule has 0 unspecified atom stereocenters. The Morgan fingerprint density at radius 2 is 1.74 bits per heavy atom. The molecule has 1 N–H and O–H groups in total. The molecule has 2 atom stereocenters. The summed E-state index contributed by atoms with van der Waals surface area (Å²) in [5, 5.41) is 12.1. The van der Waals surface area contributed by atoms with Crippen LogP contribution in [0.3, 0.4) is 0 Å². The summed E-state index contributed by atoms with van der Waals surface area (Å²) >= 11 is 13.1. The van der Waals surface area contributed by atoms with Gasteiger partial charge in [-0.3, -0.25) is 14.3 Å². The molecule has 1 aromatic heterocycles. The van der Waals surface area contributed by atoms with Crippen LogP contribution >= 0.6 is 35.0 Å². The van der Waals surface area contributed by atoms with Gasteiger partial charge >= 0.3 is 0 Å². The molecule has 0 aliphatic carbocycles. The Labute approximate surface area is 194 Å². The molecule has 2 aromatic carbocycles. The molecule has 0 fully saturated rings. The number of rotatable bonds is 7. The molecule has 0 radical (unpaired) electrons. The van der Waals surface area contributed by atoms with E-state index in [0.29, 0.717) is 10.2 Å². The molecule has 1 amide bonds. The van der Waals surface area contributed by atoms with Gasteiger partial charge in [0.15, 0.2) is 11.0 Å². The predicted octanol–water partition coefficient (Wildman–Crippen LogP) is 5.46. The van der Waals surface area contributed by atoms with Crippen LogP contribution in [-0.4, -0.2) is 44.9 Å². The lowest BCUT2D eigenvalue weighted by Crippen LogP contribution is -2.24. The maximum absolute atomic E-state index is 14.0. The van der Waals surface area contributed by atoms with Crippen LogP contribution in [0, 0.1) is 5.82 Å². The summed E-state index contributed by atoms with van der Waals surface area (Å²) in [7, 11) is 3.91. The minimum atomic E-state index is -0.593. The van der Waals surface area contributed by atoms with E-state index in [4.69, 9.17) is 23.2 Å². The molecular weight excluding hydrogens is 460 g/mol. The number of amides is 1. The zero-order chi connectivity index (χ0) is 22.7. The normalized spacial score (nSPS) is 13.3. The van der Waals surface area contributed by atoms with Crippen molar-refractivity contribution in [2.75, 3.05) is 19.4 Å². The van der Waals surface area contributed by atoms with Gasteiger partial charge in [-0.05, 0) is 70.4 Å². The fourth-order valence-corrected chi connectivity index (χ4v) is 3.89. The smallest absolute Gasteiger partial charge is 0.237 e. The summed E-state index contributed by atoms with van der Waals surface area (Å²) < 4.78 is 15.9. The van der Waals surface area contributed by atoms with Crippen LogP contribution in [-0.2, 0) is 4.79 Å². The fraction of sp³-hybridized carbons (Fsp3) is 0.286. The number of carbonyl (C=O) groups is 1. The molecule has 0 bridgehead atoms. The monoisotopic (exact) mass is 481 g/mol. The number of hydrogen-bond acceptors (Lipinski definition) is 5. The Morgan fingerprint density at radius 1 is 1.10 bits per heavy atom. The van der Waals surface area contributed by atoms with Gasteiger partial charge in [0.2, 0.25) is 5.91 Å². The second-order valence-electron chi connectivity index (χ2n) is 7.17. The number of benzene rings is 2. The second kappa shape index (κ2) is 9.99. The maximum atomic E-state index is 14.0. The number of aromatic nitrogens is 3. The van der Waals surface area contributed by atoms with Gasteiger partial charge in [0.05, 0.1) is 17.0 Å². The summed E-state index contributed by atoms with van der Waals surface area (Å²) in [6, 6.07) is 11.4. The first kappa shape index (κ1) is 23.5. The minimum Gasteiger partial charge on any atom is -0.323 e. The molecule has 0 spiro atoms. The molecule has 164 valence electrons. The number of anilines is 1. The quantitative estimate of drug-likeness (QED) is 0.454. The first-order chi connectivity index (χ1) is 14.7. The summed E-state index contributed by atoms with van der Waals surface area (Å²) in [6.07, 6.45) is 0. The Balaban J connectivity index is 1.87. The fourth-order valence-electron chi connectivity index (χ4n) is 2.73. The van der Waals surface area contributed by atoms with E-state index in [0.717, 1.165) is 17.6 Å². The van der Waals surface area contributed by atoms with E-state index < -0.39 is 11.1 Å². The number of nitrogens with zero attached hydrogens (tertiary/aromatic N) is 4. The van der Waals surface area contributed by atoms with Crippen LogP contribution in [0.15, 0.2) is 47.6 Å². The molecule has 10 heteroatoms. The summed E-state index contributed by atoms with van der Waals surface area (Å²) in [5.41, 5.74) is 0.903. The molecule has 31 heavy (non-hydrogen) atoms. The topological polar surface area (TPSA) is 63.1 Å². The number of nitrogens with one attached hydrogen (secondary N) is 1. The van der Waals surface area contributed by atoms with Gasteiger partial charge in [-0.2, -0.15) is 0 Å². The highest BCUT2D eigenvalue weighted by Crippen LogP contribution is 2.30. The first-order valence-electron chi connectivity index (χ1n) is 9.47. The van der Waals surface area contributed by atoms with Crippen molar-refractivity contribution in [1.29, 1.82) is 0 Å². The van der Waals surface area contributed by atoms with E-state index in [-0.39, 0.29) is 22.7 Å². The lowest BCUT2D eigenvalue weighted by molar-refractivity contribution is -0.115. The lowest BCUT2D eigenvalue weighted by Gasteiger charge is -2.21. The molecule has 0 aliphatic heterocycles. The van der Waals surface area contributed by atoms with Gasteiger partial charge in [0.25, 0.3) is 0 Å². The number of hydrogen-bond donors (Lipinski definition) is 1. The van der Waals surface area contributed by atoms with Crippen LogP contribution < -0.4 is 5.32 Å². The van der Waals surface area contributed by atoms with Gasteiger partial charge in [0, 0.05) is 15.7 Å². The van der Waals surface area contributed by atoms with E-state index in [1.807, 2.05) is 42.6 Å². The Hall–Kier alpha value is -2.13. The van der Waals surface area contributed by atoms with Gasteiger partial charge in [-0.15, -0.1) is 10.2 Å². The average Bonchev–Trinajstić information content (AvgIpc) is 3.13. The number of carbonyl (C=O) groups excluding carboxylic acids is 1. The largest absolute Gasteiger partial charge is 0.323 e. The van der Waals surface area contributed by atoms with Crippen molar-refractivity contribution in [2.45, 2.75) is 30.3 Å². The second-order valence-corrected chi connectivity index (χ2v) is 9.35. The molecule has 3 rings (SSSR count). The van der Waals surface area contributed by atoms with Crippen LogP contribution in [0.1, 0.15) is 25.7 Å². The summed E-state index contributed by atoms with van der Waals surface area (Å²) in [4.78, 5) is 14.7. The molecule has 0 aliphatic rings. The van der Waals surface area contributed by atoms with Crippen molar-refractivity contribution in [2.24, 2.45) is 0 Å². The molecule has 0 saturated carbocycles. The molecule has 6 nitrogen and oxygen atoms in total. The number of halogens is 3. The van der Waals surface area contributed by atoms with Gasteiger partial charge < -0.3 is 5.32 Å². The SMILES string of the molecule is C[C@H](Sc1nnc([C@@H](C)N(C)C)n1-c1ccc(Cl)cc1)C(=O)Nc1ccc(Cl)cc1F. The molecule has 3 aromatic rings. The molecular formula is C21H22Cl2FN5OS. The zero-order valence-corrected chi connectivity index (χ0v) is 19.8. The minimum absolute atomic E-state index is 0.0233. The zero-order valence-electron chi connectivity index (χ0n) is 17.4. The predicted molar refractivity (Wildman–Crippen MR) is 124 cm³/mol. The van der Waals surface area contributed by atoms with Gasteiger partial charge in [-0.25, -0.2) is 4.39 Å². The van der Waals surface area contributed by atoms with E-state index in [1.165, 1.54) is 23.9 Å². The highest BCUT2D eigenvalue weighted by Gasteiger charge is 2.24. The van der Waals surface area contributed by atoms with Crippen molar-refractivity contribution >= 4 is 46.6 Å². The van der Waals surface area contributed by atoms with Crippen molar-refractivity contribution in [3.63, 3.8) is 0 Å². The van der Waals surface area contributed by atoms with Crippen molar-refractivity contribution in [3.05, 3.63) is 64.2 Å². The standard InChI is InChI=1S/C21H22Cl2FN5OS/c1-12(28(3)4)19-26-27-21(29(19)16-8-5-14(22)6-9-16)31-13(2)20(30)25-18-10-7-15(23)11-17(18)24/h5-13H,1-4H3,(H,25,30)/t12-,13+/m1/s1. The van der Waals surface area contributed by atoms with Crippen LogP contribution in [0.25, 0.3) is 5.69 Å². The van der Waals surface area contributed by atoms with E-state index >= 15 is 0 Å². The average molecular weight is 482 g/mol. The summed E-state index contributed by atoms with van der Waals surface area (Å²) in [5.74, 6) is -0.227. The highest BCUT2D eigenvalue weighted by molar-refractivity contribution is 8.00. The van der Waals surface area contributed by atoms with Crippen molar-refractivity contribution in [3.8, 4) is 5.69 Å². The van der Waals surface area contributed by atoms with Crippen molar-refractivity contribution < 1.29 is 9.18 Å². The van der Waals surface area contributed by atoms with Crippen LogP contribution in [0.5, 0.6) is 0 Å². The number of thioether (sulfide) groups is 1. The van der Waals surface area contributed by atoms with Gasteiger partial charge in [0.1, 0.15) is 5.82 Å². The lowest BCUT2D eigenvalue weighted by atomic mass is 10.2. The highest BCUT2D eigenvalue weighted by atomic mass is 35.5. The van der Waals surface area contributed by atoms with Crippen molar-refractivity contribution in [1.82, 2.24) is 19.7 Å². The summed E-state index contributed by atoms with van der Waals surface area (Å²) in [6.45, 7) is 3.74. The molecule has 0 saturated heterocycles. The Kier molecular flexibility index (Phi) is 7.59. The van der Waals surface area contributed by atoms with E-state index in [1.54, 1.807) is 19.1 Å². The third kappa shape index (κ3) is 5.57. The van der Waals surface area contributed by atoms with Crippen LogP contribution in [0.4, 0.5) is 10.1 Å². The van der Waals surface area contributed by atoms with E-state index in [2.05, 4.69) is 15.5 Å². The third-order valence-corrected chi connectivity index (χ3v) is 6.26. The third-order valence-electron chi connectivity index (χ3n) is 4.73. The Morgan fingerprint density at radius 3 is 2.35 bits per heavy atom. The molecule has 1 heterocycles. The van der Waals surface area contributed by atoms with Gasteiger partial charge in [-0.1, -0.05) is 35.0 Å².